The van der Waals surface area contributed by atoms with Crippen molar-refractivity contribution in [1.82, 2.24) is 29.7 Å². The largest absolute Gasteiger partial charge is 0.494 e. The molecule has 2 fully saturated rings. The van der Waals surface area contributed by atoms with E-state index >= 15 is 0 Å². The number of rotatable bonds is 13. The number of carbonyl (C=O) groups is 1. The number of piperazine rings is 1. The summed E-state index contributed by atoms with van der Waals surface area (Å²) in [5.74, 6) is 1.19. The van der Waals surface area contributed by atoms with E-state index in [1.54, 1.807) is 17.9 Å². The van der Waals surface area contributed by atoms with Crippen LogP contribution >= 0.6 is 0 Å². The average molecular weight is 589 g/mol. The second-order valence-electron chi connectivity index (χ2n) is 11.6. The fourth-order valence-corrected chi connectivity index (χ4v) is 6.27. The van der Waals surface area contributed by atoms with Gasteiger partial charge in [0.05, 0.1) is 19.0 Å². The number of hydrogen-bond acceptors (Lipinski definition) is 9. The van der Waals surface area contributed by atoms with Crippen LogP contribution in [0.1, 0.15) is 69.0 Å². The number of methoxy groups -OCH3 is 1. The number of ether oxygens (including phenoxy) is 1. The molecule has 1 amide bonds. The third kappa shape index (κ3) is 7.15. The number of nitrogens with one attached hydrogen (secondary N) is 2. The van der Waals surface area contributed by atoms with Gasteiger partial charge < -0.3 is 25.2 Å². The first-order valence-corrected chi connectivity index (χ1v) is 15.5. The SMILES string of the molecule is C=CCC(CCCNC=O)n1c(=O)c(C2CCCCC2)nc2cnc(Nc3ccc(N4CCN(C)CC4)cc3OC)nc21. The lowest BCUT2D eigenvalue weighted by atomic mass is 9.87. The highest BCUT2D eigenvalue weighted by Gasteiger charge is 2.26. The van der Waals surface area contributed by atoms with Gasteiger partial charge in [0.15, 0.2) is 5.65 Å². The second kappa shape index (κ2) is 14.5. The third-order valence-electron chi connectivity index (χ3n) is 8.69. The molecule has 11 nitrogen and oxygen atoms in total. The van der Waals surface area contributed by atoms with E-state index in [1.807, 2.05) is 18.2 Å². The van der Waals surface area contributed by atoms with Crippen LogP contribution in [0.15, 0.2) is 41.8 Å². The molecule has 2 N–H and O–H groups in total. The van der Waals surface area contributed by atoms with Gasteiger partial charge in [-0.15, -0.1) is 6.58 Å². The molecule has 0 spiro atoms. The lowest BCUT2D eigenvalue weighted by Crippen LogP contribution is -2.44. The van der Waals surface area contributed by atoms with Gasteiger partial charge >= 0.3 is 0 Å². The van der Waals surface area contributed by atoms with E-state index in [1.165, 1.54) is 6.42 Å². The fourth-order valence-electron chi connectivity index (χ4n) is 6.27. The number of hydrogen-bond donors (Lipinski definition) is 2. The molecule has 1 aromatic carbocycles. The molecule has 2 aliphatic rings. The number of nitrogens with zero attached hydrogens (tertiary/aromatic N) is 6. The van der Waals surface area contributed by atoms with Gasteiger partial charge in [0, 0.05) is 56.4 Å². The fraction of sp³-hybridized carbons (Fsp3) is 0.531. The van der Waals surface area contributed by atoms with Crippen molar-refractivity contribution in [3.05, 3.63) is 53.1 Å². The second-order valence-corrected chi connectivity index (χ2v) is 11.6. The molecule has 3 aromatic rings. The van der Waals surface area contributed by atoms with E-state index in [-0.39, 0.29) is 17.5 Å². The lowest BCUT2D eigenvalue weighted by Gasteiger charge is -2.34. The smallest absolute Gasteiger partial charge is 0.274 e. The molecule has 0 bridgehead atoms. The lowest BCUT2D eigenvalue weighted by molar-refractivity contribution is -0.109. The van der Waals surface area contributed by atoms with Crippen LogP contribution in [-0.2, 0) is 4.79 Å². The molecule has 1 saturated carbocycles. The molecule has 1 saturated heterocycles. The van der Waals surface area contributed by atoms with E-state index in [0.717, 1.165) is 69.7 Å². The van der Waals surface area contributed by atoms with Crippen LogP contribution in [0.4, 0.5) is 17.3 Å². The van der Waals surface area contributed by atoms with Crippen molar-refractivity contribution in [1.29, 1.82) is 0 Å². The number of benzene rings is 1. The number of aromatic nitrogens is 4. The van der Waals surface area contributed by atoms with Gasteiger partial charge in [0.25, 0.3) is 5.56 Å². The molecule has 1 unspecified atom stereocenters. The summed E-state index contributed by atoms with van der Waals surface area (Å²) >= 11 is 0. The first-order chi connectivity index (χ1) is 21.0. The summed E-state index contributed by atoms with van der Waals surface area (Å²) in [6.45, 7) is 8.46. The van der Waals surface area contributed by atoms with E-state index in [2.05, 4.69) is 45.1 Å². The Balaban J connectivity index is 1.51. The standard InChI is InChI=1S/C32H44N8O3/c1-4-9-24(12-8-15-33-22-41)40-30-27(35-29(31(40)42)23-10-6-5-7-11-23)21-34-32(37-30)36-26-14-13-25(20-28(26)43-3)39-18-16-38(2)17-19-39/h4,13-14,20-24H,1,5-12,15-19H2,2-3H3,(H,33,41)(H,34,36,37). The maximum Gasteiger partial charge on any atom is 0.274 e. The molecule has 0 radical (unpaired) electrons. The number of amides is 1. The van der Waals surface area contributed by atoms with Crippen LogP contribution in [0.5, 0.6) is 5.75 Å². The number of likely N-dealkylation sites (N-methyl/N-ethyl adjacent to an activating group) is 1. The van der Waals surface area contributed by atoms with Crippen molar-refractivity contribution in [2.24, 2.45) is 0 Å². The predicted molar refractivity (Wildman–Crippen MR) is 171 cm³/mol. The molecule has 1 aliphatic carbocycles. The van der Waals surface area contributed by atoms with Crippen molar-refractivity contribution in [3.8, 4) is 5.75 Å². The maximum absolute atomic E-state index is 14.2. The highest BCUT2D eigenvalue weighted by Crippen LogP contribution is 2.34. The molecule has 230 valence electrons. The molecular formula is C32H44N8O3. The molecule has 1 atom stereocenters. The highest BCUT2D eigenvalue weighted by atomic mass is 16.5. The Hall–Kier alpha value is -3.99. The highest BCUT2D eigenvalue weighted by molar-refractivity contribution is 5.74. The van der Waals surface area contributed by atoms with E-state index in [0.29, 0.717) is 54.4 Å². The van der Waals surface area contributed by atoms with Crippen molar-refractivity contribution < 1.29 is 9.53 Å². The molecule has 2 aromatic heterocycles. The molecule has 5 rings (SSSR count). The van der Waals surface area contributed by atoms with Gasteiger partial charge in [0.2, 0.25) is 12.4 Å². The van der Waals surface area contributed by atoms with E-state index < -0.39 is 0 Å². The number of carbonyl (C=O) groups excluding carboxylic acids is 1. The van der Waals surface area contributed by atoms with Crippen molar-refractivity contribution >= 4 is 34.9 Å². The van der Waals surface area contributed by atoms with Gasteiger partial charge in [-0.05, 0) is 51.3 Å². The summed E-state index contributed by atoms with van der Waals surface area (Å²) in [5, 5.41) is 6.05. The summed E-state index contributed by atoms with van der Waals surface area (Å²) in [6, 6.07) is 5.93. The summed E-state index contributed by atoms with van der Waals surface area (Å²) in [7, 11) is 3.80. The summed E-state index contributed by atoms with van der Waals surface area (Å²) < 4.78 is 7.55. The van der Waals surface area contributed by atoms with Crippen LogP contribution in [0.2, 0.25) is 0 Å². The van der Waals surface area contributed by atoms with Crippen LogP contribution in [0, 0.1) is 0 Å². The predicted octanol–water partition coefficient (Wildman–Crippen LogP) is 4.38. The minimum absolute atomic E-state index is 0.0895. The molecule has 11 heteroatoms. The normalized spacial score (nSPS) is 17.0. The molecule has 3 heterocycles. The minimum Gasteiger partial charge on any atom is -0.494 e. The molecule has 43 heavy (non-hydrogen) atoms. The Morgan fingerprint density at radius 2 is 1.93 bits per heavy atom. The van der Waals surface area contributed by atoms with Gasteiger partial charge in [-0.25, -0.2) is 9.97 Å². The molecular weight excluding hydrogens is 544 g/mol. The van der Waals surface area contributed by atoms with Crippen LogP contribution in [0.3, 0.4) is 0 Å². The van der Waals surface area contributed by atoms with Crippen molar-refractivity contribution in [3.63, 3.8) is 0 Å². The first-order valence-electron chi connectivity index (χ1n) is 15.5. The van der Waals surface area contributed by atoms with Crippen molar-refractivity contribution in [2.75, 3.05) is 57.1 Å². The quantitative estimate of drug-likeness (QED) is 0.170. The third-order valence-corrected chi connectivity index (χ3v) is 8.69. The summed E-state index contributed by atoms with van der Waals surface area (Å²) in [4.78, 5) is 44.0. The zero-order valence-electron chi connectivity index (χ0n) is 25.4. The number of fused-ring (bicyclic) bond motifs is 1. The zero-order chi connectivity index (χ0) is 30.2. The minimum atomic E-state index is -0.175. The van der Waals surface area contributed by atoms with Gasteiger partial charge in [0.1, 0.15) is 17.0 Å². The number of anilines is 3. The topological polar surface area (TPSA) is 118 Å². The van der Waals surface area contributed by atoms with Crippen LogP contribution in [-0.4, -0.2) is 77.7 Å². The number of allylic oxidation sites excluding steroid dienone is 1. The van der Waals surface area contributed by atoms with Crippen LogP contribution in [0.25, 0.3) is 11.2 Å². The first kappa shape index (κ1) is 30.5. The van der Waals surface area contributed by atoms with Gasteiger partial charge in [-0.3, -0.25) is 14.2 Å². The van der Waals surface area contributed by atoms with E-state index in [9.17, 15) is 9.59 Å². The molecule has 1 aliphatic heterocycles. The van der Waals surface area contributed by atoms with Crippen LogP contribution < -0.4 is 25.8 Å². The van der Waals surface area contributed by atoms with Gasteiger partial charge in [-0.1, -0.05) is 25.3 Å². The Kier molecular flexibility index (Phi) is 10.2. The Labute approximate surface area is 253 Å². The van der Waals surface area contributed by atoms with Gasteiger partial charge in [-0.2, -0.15) is 4.98 Å². The maximum atomic E-state index is 14.2. The summed E-state index contributed by atoms with van der Waals surface area (Å²) in [5.41, 5.74) is 3.46. The zero-order valence-corrected chi connectivity index (χ0v) is 25.4. The van der Waals surface area contributed by atoms with E-state index in [4.69, 9.17) is 14.7 Å². The average Bonchev–Trinajstić information content (AvgIpc) is 3.03. The Morgan fingerprint density at radius 3 is 2.65 bits per heavy atom. The summed E-state index contributed by atoms with van der Waals surface area (Å²) in [6.07, 6.45) is 11.6. The Morgan fingerprint density at radius 1 is 1.14 bits per heavy atom. The van der Waals surface area contributed by atoms with Crippen molar-refractivity contribution in [2.45, 2.75) is 63.3 Å². The monoisotopic (exact) mass is 588 g/mol. The Bertz CT molecular complexity index is 1460.